The monoisotopic (exact) mass is 263 g/mol. The zero-order chi connectivity index (χ0) is 13.7. The van der Waals surface area contributed by atoms with Gasteiger partial charge in [0.15, 0.2) is 5.82 Å². The lowest BCUT2D eigenvalue weighted by molar-refractivity contribution is 0.242. The van der Waals surface area contributed by atoms with Gasteiger partial charge in [0.1, 0.15) is 0 Å². The lowest BCUT2D eigenvalue weighted by Gasteiger charge is -2.35. The van der Waals surface area contributed by atoms with Crippen molar-refractivity contribution in [2.45, 2.75) is 6.42 Å². The van der Waals surface area contributed by atoms with E-state index in [1.54, 1.807) is 0 Å². The quantitative estimate of drug-likeness (QED) is 0.849. The van der Waals surface area contributed by atoms with E-state index in [0.717, 1.165) is 44.2 Å². The molecule has 106 valence electrons. The van der Waals surface area contributed by atoms with Gasteiger partial charge in [-0.2, -0.15) is 0 Å². The average molecular weight is 263 g/mol. The van der Waals surface area contributed by atoms with Crippen molar-refractivity contribution < 1.29 is 0 Å². The van der Waals surface area contributed by atoms with Crippen LogP contribution in [0.15, 0.2) is 18.3 Å². The van der Waals surface area contributed by atoms with Gasteiger partial charge < -0.3 is 15.5 Å². The largest absolute Gasteiger partial charge is 0.396 e. The van der Waals surface area contributed by atoms with Gasteiger partial charge in [0.2, 0.25) is 0 Å². The van der Waals surface area contributed by atoms with E-state index in [1.807, 2.05) is 18.3 Å². The third-order valence-electron chi connectivity index (χ3n) is 3.57. The molecule has 0 saturated carbocycles. The van der Waals surface area contributed by atoms with Crippen molar-refractivity contribution in [2.24, 2.45) is 0 Å². The predicted molar refractivity (Wildman–Crippen MR) is 80.5 cm³/mol. The molecule has 1 fully saturated rings. The summed E-state index contributed by atoms with van der Waals surface area (Å²) in [6, 6.07) is 3.81. The summed E-state index contributed by atoms with van der Waals surface area (Å²) in [5.74, 6) is 0.940. The summed E-state index contributed by atoms with van der Waals surface area (Å²) in [5.41, 5.74) is 6.76. The van der Waals surface area contributed by atoms with E-state index < -0.39 is 0 Å². The molecule has 0 bridgehead atoms. The van der Waals surface area contributed by atoms with Crippen LogP contribution < -0.4 is 10.6 Å². The molecule has 0 amide bonds. The number of anilines is 2. The number of nitrogens with zero attached hydrogens (tertiary/aromatic N) is 4. The highest BCUT2D eigenvalue weighted by atomic mass is 15.3. The Morgan fingerprint density at radius 1 is 1.26 bits per heavy atom. The van der Waals surface area contributed by atoms with E-state index in [0.29, 0.717) is 0 Å². The maximum Gasteiger partial charge on any atom is 0.151 e. The fourth-order valence-corrected chi connectivity index (χ4v) is 2.47. The second kappa shape index (κ2) is 6.73. The van der Waals surface area contributed by atoms with Gasteiger partial charge in [0.25, 0.3) is 0 Å². The first-order valence-corrected chi connectivity index (χ1v) is 6.99. The SMILES string of the molecule is CN(C)CCCN1CCN(c2ncccc2N)CC1. The van der Waals surface area contributed by atoms with Crippen molar-refractivity contribution in [2.75, 3.05) is 64.0 Å². The Morgan fingerprint density at radius 3 is 2.63 bits per heavy atom. The molecule has 1 aromatic rings. The van der Waals surface area contributed by atoms with Gasteiger partial charge >= 0.3 is 0 Å². The fourth-order valence-electron chi connectivity index (χ4n) is 2.47. The van der Waals surface area contributed by atoms with Gasteiger partial charge in [0.05, 0.1) is 5.69 Å². The van der Waals surface area contributed by atoms with Crippen LogP contribution in [-0.2, 0) is 0 Å². The van der Waals surface area contributed by atoms with Crippen molar-refractivity contribution >= 4 is 11.5 Å². The van der Waals surface area contributed by atoms with Crippen molar-refractivity contribution in [1.29, 1.82) is 0 Å². The van der Waals surface area contributed by atoms with Crippen LogP contribution in [-0.4, -0.2) is 68.1 Å². The summed E-state index contributed by atoms with van der Waals surface area (Å²) in [5, 5.41) is 0. The van der Waals surface area contributed by atoms with E-state index in [-0.39, 0.29) is 0 Å². The molecule has 1 aliphatic heterocycles. The third-order valence-corrected chi connectivity index (χ3v) is 3.57. The van der Waals surface area contributed by atoms with Crippen LogP contribution in [0, 0.1) is 0 Å². The molecule has 0 radical (unpaired) electrons. The molecular formula is C14H25N5. The summed E-state index contributed by atoms with van der Waals surface area (Å²) in [4.78, 5) is 11.4. The Labute approximate surface area is 116 Å². The first-order valence-electron chi connectivity index (χ1n) is 6.99. The van der Waals surface area contributed by atoms with Crippen LogP contribution in [0.4, 0.5) is 11.5 Å². The van der Waals surface area contributed by atoms with Gasteiger partial charge in [-0.3, -0.25) is 4.90 Å². The Balaban J connectivity index is 1.78. The molecule has 1 saturated heterocycles. The number of nitrogens with two attached hydrogens (primary N) is 1. The zero-order valence-corrected chi connectivity index (χ0v) is 12.0. The highest BCUT2D eigenvalue weighted by Crippen LogP contribution is 2.20. The summed E-state index contributed by atoms with van der Waals surface area (Å²) >= 11 is 0. The topological polar surface area (TPSA) is 48.6 Å². The number of pyridine rings is 1. The van der Waals surface area contributed by atoms with Crippen molar-refractivity contribution in [3.63, 3.8) is 0 Å². The van der Waals surface area contributed by atoms with Crippen molar-refractivity contribution in [3.8, 4) is 0 Å². The zero-order valence-electron chi connectivity index (χ0n) is 12.0. The molecule has 2 heterocycles. The summed E-state index contributed by atoms with van der Waals surface area (Å²) < 4.78 is 0. The first kappa shape index (κ1) is 14.1. The standard InChI is InChI=1S/C14H25N5/c1-17(2)7-4-8-18-9-11-19(12-10-18)14-13(15)5-3-6-16-14/h3,5-6H,4,7-12,15H2,1-2H3. The van der Waals surface area contributed by atoms with E-state index in [9.17, 15) is 0 Å². The summed E-state index contributed by atoms with van der Waals surface area (Å²) in [7, 11) is 4.25. The molecule has 0 spiro atoms. The van der Waals surface area contributed by atoms with Gasteiger partial charge in [-0.05, 0) is 45.7 Å². The molecule has 5 heteroatoms. The Bertz CT molecular complexity index is 385. The smallest absolute Gasteiger partial charge is 0.151 e. The number of hydrogen-bond donors (Lipinski definition) is 1. The van der Waals surface area contributed by atoms with Crippen LogP contribution in [0.2, 0.25) is 0 Å². The van der Waals surface area contributed by atoms with Crippen LogP contribution in [0.1, 0.15) is 6.42 Å². The Morgan fingerprint density at radius 2 is 2.00 bits per heavy atom. The molecule has 0 unspecified atom stereocenters. The minimum absolute atomic E-state index is 0.781. The first-order chi connectivity index (χ1) is 9.16. The third kappa shape index (κ3) is 4.08. The van der Waals surface area contributed by atoms with E-state index in [1.165, 1.54) is 13.0 Å². The molecule has 0 aliphatic carbocycles. The lowest BCUT2D eigenvalue weighted by atomic mass is 10.2. The molecule has 1 aliphatic rings. The molecule has 0 aromatic carbocycles. The summed E-state index contributed by atoms with van der Waals surface area (Å²) in [6.45, 7) is 6.58. The van der Waals surface area contributed by atoms with Crippen LogP contribution in [0.25, 0.3) is 0 Å². The second-order valence-electron chi connectivity index (χ2n) is 5.40. The number of nitrogen functional groups attached to an aromatic ring is 1. The number of hydrogen-bond acceptors (Lipinski definition) is 5. The normalized spacial score (nSPS) is 17.1. The van der Waals surface area contributed by atoms with Crippen molar-refractivity contribution in [1.82, 2.24) is 14.8 Å². The average Bonchev–Trinajstić information content (AvgIpc) is 2.40. The lowest BCUT2D eigenvalue weighted by Crippen LogP contribution is -2.47. The maximum absolute atomic E-state index is 5.98. The minimum Gasteiger partial charge on any atom is -0.396 e. The fraction of sp³-hybridized carbons (Fsp3) is 0.643. The minimum atomic E-state index is 0.781. The van der Waals surface area contributed by atoms with Gasteiger partial charge in [0, 0.05) is 32.4 Å². The molecule has 2 rings (SSSR count). The predicted octanol–water partition coefficient (Wildman–Crippen LogP) is 0.738. The van der Waals surface area contributed by atoms with Crippen LogP contribution in [0.3, 0.4) is 0 Å². The van der Waals surface area contributed by atoms with Gasteiger partial charge in [-0.25, -0.2) is 4.98 Å². The summed E-state index contributed by atoms with van der Waals surface area (Å²) in [6.07, 6.45) is 3.05. The van der Waals surface area contributed by atoms with Gasteiger partial charge in [-0.1, -0.05) is 0 Å². The van der Waals surface area contributed by atoms with Crippen LogP contribution >= 0.6 is 0 Å². The molecular weight excluding hydrogens is 238 g/mol. The highest BCUT2D eigenvalue weighted by molar-refractivity contribution is 5.62. The van der Waals surface area contributed by atoms with Crippen molar-refractivity contribution in [3.05, 3.63) is 18.3 Å². The number of rotatable bonds is 5. The number of piperazine rings is 1. The molecule has 19 heavy (non-hydrogen) atoms. The molecule has 2 N–H and O–H groups in total. The second-order valence-corrected chi connectivity index (χ2v) is 5.40. The highest BCUT2D eigenvalue weighted by Gasteiger charge is 2.18. The number of aromatic nitrogens is 1. The van der Waals surface area contributed by atoms with E-state index in [4.69, 9.17) is 5.73 Å². The van der Waals surface area contributed by atoms with E-state index >= 15 is 0 Å². The Kier molecular flexibility index (Phi) is 4.99. The van der Waals surface area contributed by atoms with Gasteiger partial charge in [-0.15, -0.1) is 0 Å². The van der Waals surface area contributed by atoms with Crippen LogP contribution in [0.5, 0.6) is 0 Å². The molecule has 0 atom stereocenters. The van der Waals surface area contributed by atoms with E-state index in [2.05, 4.69) is 33.8 Å². The molecule has 1 aromatic heterocycles. The molecule has 5 nitrogen and oxygen atoms in total. The maximum atomic E-state index is 5.98. The Hall–Kier alpha value is -1.33.